The van der Waals surface area contributed by atoms with Crippen LogP contribution < -0.4 is 5.32 Å². The molecule has 1 N–H and O–H groups in total. The molecule has 0 atom stereocenters. The van der Waals surface area contributed by atoms with Crippen LogP contribution in [0.25, 0.3) is 11.1 Å². The van der Waals surface area contributed by atoms with E-state index in [1.54, 1.807) is 0 Å². The van der Waals surface area contributed by atoms with Gasteiger partial charge in [0.25, 0.3) is 0 Å². The first-order chi connectivity index (χ1) is 9.81. The van der Waals surface area contributed by atoms with Crippen molar-refractivity contribution in [2.45, 2.75) is 6.92 Å². The van der Waals surface area contributed by atoms with Gasteiger partial charge in [-0.05, 0) is 42.3 Å². The molecule has 0 saturated carbocycles. The van der Waals surface area contributed by atoms with Gasteiger partial charge in [-0.15, -0.1) is 5.10 Å². The summed E-state index contributed by atoms with van der Waals surface area (Å²) in [5.74, 6) is 0.753. The van der Waals surface area contributed by atoms with Crippen LogP contribution in [0.2, 0.25) is 0 Å². The Morgan fingerprint density at radius 2 is 1.40 bits per heavy atom. The van der Waals surface area contributed by atoms with Gasteiger partial charge in [-0.2, -0.15) is 5.10 Å². The standard InChI is InChI=1S/C17H15N3/c1-13-7-12-17(20-19-13)18-16-10-8-15(9-11-16)14-5-3-2-4-6-14/h2-12H,1H3,(H,18,20). The molecule has 2 aromatic carbocycles. The molecule has 0 bridgehead atoms. The van der Waals surface area contributed by atoms with Gasteiger partial charge in [-0.3, -0.25) is 0 Å². The molecule has 1 heterocycles. The number of aromatic nitrogens is 2. The highest BCUT2D eigenvalue weighted by Gasteiger charge is 1.99. The molecule has 0 unspecified atom stereocenters. The number of hydrogen-bond acceptors (Lipinski definition) is 3. The van der Waals surface area contributed by atoms with E-state index in [4.69, 9.17) is 0 Å². The molecule has 3 rings (SSSR count). The first kappa shape index (κ1) is 12.4. The average Bonchev–Trinajstić information content (AvgIpc) is 2.51. The average molecular weight is 261 g/mol. The summed E-state index contributed by atoms with van der Waals surface area (Å²) >= 11 is 0. The van der Waals surface area contributed by atoms with Crippen molar-refractivity contribution in [3.63, 3.8) is 0 Å². The monoisotopic (exact) mass is 261 g/mol. The fraction of sp³-hybridized carbons (Fsp3) is 0.0588. The van der Waals surface area contributed by atoms with Gasteiger partial charge < -0.3 is 5.32 Å². The van der Waals surface area contributed by atoms with Crippen LogP contribution >= 0.6 is 0 Å². The second-order valence-electron chi connectivity index (χ2n) is 4.63. The number of hydrogen-bond donors (Lipinski definition) is 1. The van der Waals surface area contributed by atoms with Crippen molar-refractivity contribution < 1.29 is 0 Å². The normalized spacial score (nSPS) is 10.2. The number of aryl methyl sites for hydroxylation is 1. The zero-order valence-corrected chi connectivity index (χ0v) is 11.2. The summed E-state index contributed by atoms with van der Waals surface area (Å²) in [4.78, 5) is 0. The first-order valence-electron chi connectivity index (χ1n) is 6.54. The summed E-state index contributed by atoms with van der Waals surface area (Å²) in [7, 11) is 0. The maximum atomic E-state index is 4.09. The van der Waals surface area contributed by atoms with Crippen LogP contribution in [-0.2, 0) is 0 Å². The van der Waals surface area contributed by atoms with Crippen LogP contribution in [0.5, 0.6) is 0 Å². The Hall–Kier alpha value is -2.68. The molecule has 3 aromatic rings. The molecular weight excluding hydrogens is 246 g/mol. The van der Waals surface area contributed by atoms with E-state index in [0.29, 0.717) is 0 Å². The zero-order valence-electron chi connectivity index (χ0n) is 11.2. The molecule has 20 heavy (non-hydrogen) atoms. The highest BCUT2D eigenvalue weighted by molar-refractivity contribution is 5.67. The van der Waals surface area contributed by atoms with Crippen LogP contribution in [0.15, 0.2) is 66.7 Å². The van der Waals surface area contributed by atoms with E-state index < -0.39 is 0 Å². The zero-order chi connectivity index (χ0) is 13.8. The van der Waals surface area contributed by atoms with Crippen LogP contribution in [0.3, 0.4) is 0 Å². The maximum absolute atomic E-state index is 4.09. The lowest BCUT2D eigenvalue weighted by atomic mass is 10.1. The topological polar surface area (TPSA) is 37.8 Å². The molecule has 1 aromatic heterocycles. The van der Waals surface area contributed by atoms with Crippen molar-refractivity contribution in [1.82, 2.24) is 10.2 Å². The van der Waals surface area contributed by atoms with Crippen LogP contribution in [-0.4, -0.2) is 10.2 Å². The van der Waals surface area contributed by atoms with E-state index in [0.717, 1.165) is 17.2 Å². The van der Waals surface area contributed by atoms with Gasteiger partial charge in [0.1, 0.15) is 0 Å². The third-order valence-electron chi connectivity index (χ3n) is 3.06. The van der Waals surface area contributed by atoms with Crippen molar-refractivity contribution in [3.05, 3.63) is 72.4 Å². The summed E-state index contributed by atoms with van der Waals surface area (Å²) in [5.41, 5.74) is 4.33. The molecule has 3 nitrogen and oxygen atoms in total. The molecule has 0 fully saturated rings. The first-order valence-corrected chi connectivity index (χ1v) is 6.54. The summed E-state index contributed by atoms with van der Waals surface area (Å²) in [6.45, 7) is 1.92. The van der Waals surface area contributed by atoms with E-state index in [1.807, 2.05) is 49.4 Å². The number of nitrogens with zero attached hydrogens (tertiary/aromatic N) is 2. The summed E-state index contributed by atoms with van der Waals surface area (Å²) in [5, 5.41) is 11.4. The number of rotatable bonds is 3. The van der Waals surface area contributed by atoms with Crippen LogP contribution in [0, 0.1) is 6.92 Å². The Bertz CT molecular complexity index is 674. The predicted molar refractivity (Wildman–Crippen MR) is 81.9 cm³/mol. The molecule has 98 valence electrons. The Morgan fingerprint density at radius 3 is 2.05 bits per heavy atom. The van der Waals surface area contributed by atoms with Crippen molar-refractivity contribution in [1.29, 1.82) is 0 Å². The second kappa shape index (κ2) is 5.53. The Morgan fingerprint density at radius 1 is 0.700 bits per heavy atom. The quantitative estimate of drug-likeness (QED) is 0.768. The minimum atomic E-state index is 0.753. The van der Waals surface area contributed by atoms with E-state index >= 15 is 0 Å². The largest absolute Gasteiger partial charge is 0.339 e. The lowest BCUT2D eigenvalue weighted by Gasteiger charge is -2.06. The Labute approximate surface area is 118 Å². The van der Waals surface area contributed by atoms with Crippen LogP contribution in [0.1, 0.15) is 5.69 Å². The number of benzene rings is 2. The lowest BCUT2D eigenvalue weighted by molar-refractivity contribution is 0.986. The second-order valence-corrected chi connectivity index (χ2v) is 4.63. The van der Waals surface area contributed by atoms with Crippen molar-refractivity contribution in [3.8, 4) is 11.1 Å². The van der Waals surface area contributed by atoms with Gasteiger partial charge in [0.2, 0.25) is 0 Å². The Kier molecular flexibility index (Phi) is 3.42. The fourth-order valence-corrected chi connectivity index (χ4v) is 1.99. The highest BCUT2D eigenvalue weighted by atomic mass is 15.2. The van der Waals surface area contributed by atoms with Gasteiger partial charge in [-0.25, -0.2) is 0 Å². The summed E-state index contributed by atoms with van der Waals surface area (Å²) in [6, 6.07) is 22.5. The summed E-state index contributed by atoms with van der Waals surface area (Å²) < 4.78 is 0. The smallest absolute Gasteiger partial charge is 0.153 e. The van der Waals surface area contributed by atoms with Crippen molar-refractivity contribution >= 4 is 11.5 Å². The van der Waals surface area contributed by atoms with Gasteiger partial charge in [0.05, 0.1) is 5.69 Å². The molecule has 0 saturated heterocycles. The minimum Gasteiger partial charge on any atom is -0.339 e. The fourth-order valence-electron chi connectivity index (χ4n) is 1.99. The predicted octanol–water partition coefficient (Wildman–Crippen LogP) is 4.20. The van der Waals surface area contributed by atoms with Gasteiger partial charge in [0.15, 0.2) is 5.82 Å². The van der Waals surface area contributed by atoms with E-state index in [1.165, 1.54) is 11.1 Å². The molecule has 0 spiro atoms. The third-order valence-corrected chi connectivity index (χ3v) is 3.06. The van der Waals surface area contributed by atoms with E-state index in [2.05, 4.69) is 39.8 Å². The molecule has 0 aliphatic rings. The molecule has 0 radical (unpaired) electrons. The minimum absolute atomic E-state index is 0.753. The molecule has 0 aliphatic carbocycles. The summed E-state index contributed by atoms with van der Waals surface area (Å²) in [6.07, 6.45) is 0. The lowest BCUT2D eigenvalue weighted by Crippen LogP contribution is -1.95. The molecular formula is C17H15N3. The molecule has 3 heteroatoms. The van der Waals surface area contributed by atoms with Gasteiger partial charge in [-0.1, -0.05) is 42.5 Å². The SMILES string of the molecule is Cc1ccc(Nc2ccc(-c3ccccc3)cc2)nn1. The number of anilines is 2. The van der Waals surface area contributed by atoms with E-state index in [9.17, 15) is 0 Å². The Balaban J connectivity index is 1.78. The van der Waals surface area contributed by atoms with Crippen molar-refractivity contribution in [2.24, 2.45) is 0 Å². The van der Waals surface area contributed by atoms with E-state index in [-0.39, 0.29) is 0 Å². The number of nitrogens with one attached hydrogen (secondary N) is 1. The highest BCUT2D eigenvalue weighted by Crippen LogP contribution is 2.22. The van der Waals surface area contributed by atoms with Gasteiger partial charge in [0, 0.05) is 5.69 Å². The van der Waals surface area contributed by atoms with Crippen molar-refractivity contribution in [2.75, 3.05) is 5.32 Å². The third kappa shape index (κ3) is 2.83. The molecule has 0 amide bonds. The van der Waals surface area contributed by atoms with Crippen LogP contribution in [0.4, 0.5) is 11.5 Å². The van der Waals surface area contributed by atoms with Gasteiger partial charge >= 0.3 is 0 Å². The molecule has 0 aliphatic heterocycles. The maximum Gasteiger partial charge on any atom is 0.153 e.